The fraction of sp³-hybridized carbons (Fsp3) is 0.278. The van der Waals surface area contributed by atoms with E-state index < -0.39 is 0 Å². The average molecular weight is 389 g/mol. The summed E-state index contributed by atoms with van der Waals surface area (Å²) in [6.07, 6.45) is 2.55. The van der Waals surface area contributed by atoms with Gasteiger partial charge in [0, 0.05) is 24.3 Å². The summed E-state index contributed by atoms with van der Waals surface area (Å²) in [5.41, 5.74) is 1.32. The minimum atomic E-state index is -0.361. The number of aromatic nitrogens is 2. The molecule has 3 aromatic rings. The number of furan rings is 1. The number of ether oxygens (including phenoxy) is 2. The van der Waals surface area contributed by atoms with Crippen molar-refractivity contribution in [1.29, 1.82) is 0 Å². The summed E-state index contributed by atoms with van der Waals surface area (Å²) in [4.78, 5) is 21.6. The van der Waals surface area contributed by atoms with Crippen LogP contribution in [0, 0.1) is 0 Å². The maximum Gasteiger partial charge on any atom is 0.410 e. The highest BCUT2D eigenvalue weighted by Gasteiger charge is 2.29. The summed E-state index contributed by atoms with van der Waals surface area (Å²) in [6, 6.07) is 7.29. The van der Waals surface area contributed by atoms with Crippen LogP contribution in [0.1, 0.15) is 5.76 Å². The maximum atomic E-state index is 11.5. The minimum absolute atomic E-state index is 0.186. The highest BCUT2D eigenvalue weighted by molar-refractivity contribution is 6.30. The summed E-state index contributed by atoms with van der Waals surface area (Å²) in [5, 5.41) is 4.42. The number of hydrogen-bond acceptors (Lipinski definition) is 7. The molecule has 1 atom stereocenters. The molecule has 140 valence electrons. The lowest BCUT2D eigenvalue weighted by atomic mass is 10.2. The Morgan fingerprint density at radius 2 is 2.33 bits per heavy atom. The van der Waals surface area contributed by atoms with Gasteiger partial charge in [-0.3, -0.25) is 0 Å². The van der Waals surface area contributed by atoms with Crippen molar-refractivity contribution in [1.82, 2.24) is 14.9 Å². The second-order valence-electron chi connectivity index (χ2n) is 6.14. The Hall–Kier alpha value is -3.00. The van der Waals surface area contributed by atoms with Gasteiger partial charge in [0.15, 0.2) is 6.10 Å². The summed E-state index contributed by atoms with van der Waals surface area (Å²) < 4.78 is 16.3. The van der Waals surface area contributed by atoms with E-state index in [-0.39, 0.29) is 18.8 Å². The van der Waals surface area contributed by atoms with Crippen LogP contribution in [0.25, 0.3) is 10.9 Å². The molecule has 1 fully saturated rings. The summed E-state index contributed by atoms with van der Waals surface area (Å²) in [5.74, 6) is 1.13. The molecule has 9 heteroatoms. The number of fused-ring (bicyclic) bond motifs is 1. The van der Waals surface area contributed by atoms with Crippen molar-refractivity contribution in [2.24, 2.45) is 0 Å². The highest BCUT2D eigenvalue weighted by atomic mass is 35.5. The molecule has 0 aliphatic carbocycles. The van der Waals surface area contributed by atoms with Crippen molar-refractivity contribution in [3.05, 3.63) is 47.6 Å². The first-order chi connectivity index (χ1) is 13.1. The number of nitrogens with one attached hydrogen (secondary N) is 1. The summed E-state index contributed by atoms with van der Waals surface area (Å²) in [7, 11) is 1.68. The minimum Gasteiger partial charge on any atom is -0.472 e. The van der Waals surface area contributed by atoms with E-state index >= 15 is 0 Å². The molecule has 3 aromatic heterocycles. The topological polar surface area (TPSA) is 89.7 Å². The predicted molar refractivity (Wildman–Crippen MR) is 99.0 cm³/mol. The van der Waals surface area contributed by atoms with E-state index in [0.717, 1.165) is 16.8 Å². The number of nitrogens with zero attached hydrogens (tertiary/aromatic N) is 3. The molecule has 27 heavy (non-hydrogen) atoms. The van der Waals surface area contributed by atoms with Crippen LogP contribution in [0.15, 0.2) is 41.1 Å². The van der Waals surface area contributed by atoms with E-state index in [1.807, 2.05) is 18.2 Å². The van der Waals surface area contributed by atoms with Crippen LogP contribution in [0.5, 0.6) is 5.88 Å². The number of pyridine rings is 2. The monoisotopic (exact) mass is 388 g/mol. The fourth-order valence-electron chi connectivity index (χ4n) is 2.85. The Kier molecular flexibility index (Phi) is 4.72. The van der Waals surface area contributed by atoms with Gasteiger partial charge in [-0.05, 0) is 24.3 Å². The average Bonchev–Trinajstić information content (AvgIpc) is 3.28. The van der Waals surface area contributed by atoms with Crippen molar-refractivity contribution >= 4 is 34.3 Å². The SMILES string of the molecule is CN1C[C@@H](COc2nccc3c(NCc4ccco4)cc(Cl)nc23)OC1=O. The van der Waals surface area contributed by atoms with Gasteiger partial charge in [0.1, 0.15) is 23.0 Å². The Morgan fingerprint density at radius 1 is 1.44 bits per heavy atom. The third-order valence-electron chi connectivity index (χ3n) is 4.16. The number of hydrogen-bond donors (Lipinski definition) is 1. The molecule has 8 nitrogen and oxygen atoms in total. The van der Waals surface area contributed by atoms with Gasteiger partial charge in [0.25, 0.3) is 0 Å². The molecule has 4 heterocycles. The molecule has 1 aliphatic rings. The molecule has 0 aromatic carbocycles. The van der Waals surface area contributed by atoms with E-state index in [4.69, 9.17) is 25.5 Å². The lowest BCUT2D eigenvalue weighted by Gasteiger charge is -2.13. The molecule has 1 saturated heterocycles. The Balaban J connectivity index is 1.56. The summed E-state index contributed by atoms with van der Waals surface area (Å²) in [6.45, 7) is 1.16. The lowest BCUT2D eigenvalue weighted by molar-refractivity contribution is 0.102. The standard InChI is InChI=1S/C18H17ClN4O4/c1-23-9-12(27-18(23)24)10-26-17-16-13(4-5-20-17)14(7-15(19)22-16)21-8-11-3-2-6-25-11/h2-7,12H,8-10H2,1H3,(H,21,22)/t12-/m0/s1. The van der Waals surface area contributed by atoms with Crippen molar-refractivity contribution in [2.75, 3.05) is 25.5 Å². The fourth-order valence-corrected chi connectivity index (χ4v) is 3.05. The normalized spacial score (nSPS) is 16.6. The van der Waals surface area contributed by atoms with E-state index in [1.54, 1.807) is 25.6 Å². The van der Waals surface area contributed by atoms with Crippen molar-refractivity contribution in [2.45, 2.75) is 12.6 Å². The zero-order chi connectivity index (χ0) is 18.8. The second kappa shape index (κ2) is 7.32. The smallest absolute Gasteiger partial charge is 0.410 e. The van der Waals surface area contributed by atoms with Gasteiger partial charge < -0.3 is 24.1 Å². The van der Waals surface area contributed by atoms with Crippen molar-refractivity contribution < 1.29 is 18.7 Å². The van der Waals surface area contributed by atoms with Crippen LogP contribution in [-0.2, 0) is 11.3 Å². The molecular formula is C18H17ClN4O4. The number of carbonyl (C=O) groups excluding carboxylic acids is 1. The molecule has 0 unspecified atom stereocenters. The second-order valence-corrected chi connectivity index (χ2v) is 6.52. The number of halogens is 1. The molecule has 0 radical (unpaired) electrons. The van der Waals surface area contributed by atoms with Crippen LogP contribution in [0.3, 0.4) is 0 Å². The first-order valence-electron chi connectivity index (χ1n) is 8.36. The van der Waals surface area contributed by atoms with Crippen LogP contribution in [0.4, 0.5) is 10.5 Å². The number of rotatable bonds is 6. The van der Waals surface area contributed by atoms with Crippen molar-refractivity contribution in [3.8, 4) is 5.88 Å². The third-order valence-corrected chi connectivity index (χ3v) is 4.35. The number of likely N-dealkylation sites (N-methyl/N-ethyl adjacent to an activating group) is 1. The van der Waals surface area contributed by atoms with Gasteiger partial charge in [-0.15, -0.1) is 0 Å². The van der Waals surface area contributed by atoms with Crippen LogP contribution in [0.2, 0.25) is 5.15 Å². The predicted octanol–water partition coefficient (Wildman–Crippen LogP) is 3.32. The van der Waals surface area contributed by atoms with Crippen LogP contribution < -0.4 is 10.1 Å². The lowest BCUT2D eigenvalue weighted by Crippen LogP contribution is -2.23. The Bertz CT molecular complexity index is 963. The van der Waals surface area contributed by atoms with Gasteiger partial charge >= 0.3 is 6.09 Å². The Morgan fingerprint density at radius 3 is 3.07 bits per heavy atom. The summed E-state index contributed by atoms with van der Waals surface area (Å²) >= 11 is 6.19. The first-order valence-corrected chi connectivity index (χ1v) is 8.74. The molecule has 1 N–H and O–H groups in total. The van der Waals surface area contributed by atoms with Gasteiger partial charge in [-0.1, -0.05) is 11.6 Å². The van der Waals surface area contributed by atoms with E-state index in [0.29, 0.717) is 29.6 Å². The highest BCUT2D eigenvalue weighted by Crippen LogP contribution is 2.30. The molecule has 0 bridgehead atoms. The largest absolute Gasteiger partial charge is 0.472 e. The van der Waals surface area contributed by atoms with Crippen LogP contribution in [-0.4, -0.2) is 47.3 Å². The number of cyclic esters (lactones) is 1. The number of carbonyl (C=O) groups is 1. The zero-order valence-electron chi connectivity index (χ0n) is 14.5. The quantitative estimate of drug-likeness (QED) is 0.648. The zero-order valence-corrected chi connectivity index (χ0v) is 15.3. The van der Waals surface area contributed by atoms with Crippen LogP contribution >= 0.6 is 11.6 Å². The third kappa shape index (κ3) is 3.75. The van der Waals surface area contributed by atoms with E-state index in [9.17, 15) is 4.79 Å². The number of amides is 1. The van der Waals surface area contributed by atoms with Gasteiger partial charge in [0.2, 0.25) is 5.88 Å². The maximum absolute atomic E-state index is 11.5. The molecule has 4 rings (SSSR count). The first kappa shape index (κ1) is 17.4. The molecule has 0 spiro atoms. The van der Waals surface area contributed by atoms with E-state index in [1.165, 1.54) is 4.90 Å². The van der Waals surface area contributed by atoms with Gasteiger partial charge in [0.05, 0.1) is 19.4 Å². The van der Waals surface area contributed by atoms with E-state index in [2.05, 4.69) is 15.3 Å². The Labute approximate surface area is 160 Å². The number of anilines is 1. The molecule has 0 saturated carbocycles. The molecular weight excluding hydrogens is 372 g/mol. The van der Waals surface area contributed by atoms with Crippen molar-refractivity contribution in [3.63, 3.8) is 0 Å². The van der Waals surface area contributed by atoms with Gasteiger partial charge in [-0.25, -0.2) is 14.8 Å². The molecule has 1 aliphatic heterocycles. The molecule has 1 amide bonds. The van der Waals surface area contributed by atoms with Gasteiger partial charge in [-0.2, -0.15) is 0 Å².